The molecule has 0 aliphatic carbocycles. The minimum atomic E-state index is -0.914. The summed E-state index contributed by atoms with van der Waals surface area (Å²) < 4.78 is 13.0. The Balaban J connectivity index is 1.82. The largest absolute Gasteiger partial charge is 0.481 e. The number of carboxylic acids is 1. The highest BCUT2D eigenvalue weighted by atomic mass is 19.1. The van der Waals surface area contributed by atoms with E-state index in [9.17, 15) is 18.8 Å². The molecule has 1 aliphatic rings. The second kappa shape index (κ2) is 7.21. The van der Waals surface area contributed by atoms with E-state index in [4.69, 9.17) is 5.11 Å². The molecule has 1 aromatic carbocycles. The molecule has 0 spiro atoms. The highest BCUT2D eigenvalue weighted by Gasteiger charge is 2.37. The molecule has 1 saturated heterocycles. The first-order valence-electron chi connectivity index (χ1n) is 7.42. The molecular formula is C16H19FN2O4. The number of amides is 2. The number of carbonyl (C=O) groups excluding carboxylic acids is 2. The molecule has 0 aromatic heterocycles. The molecule has 2 atom stereocenters. The number of halogens is 1. The third-order valence-corrected chi connectivity index (χ3v) is 4.08. The Bertz CT molecular complexity index is 620. The first kappa shape index (κ1) is 16.9. The lowest BCUT2D eigenvalue weighted by molar-refractivity contribution is -0.143. The van der Waals surface area contributed by atoms with Crippen molar-refractivity contribution >= 4 is 17.8 Å². The highest BCUT2D eigenvalue weighted by Crippen LogP contribution is 2.24. The lowest BCUT2D eigenvalue weighted by Crippen LogP contribution is -2.43. The number of nitrogens with zero attached hydrogens (tertiary/aromatic N) is 1. The maximum Gasteiger partial charge on any atom is 0.308 e. The molecule has 7 heteroatoms. The number of hydrogen-bond donors (Lipinski definition) is 2. The van der Waals surface area contributed by atoms with Crippen LogP contribution in [0.15, 0.2) is 24.3 Å². The summed E-state index contributed by atoms with van der Waals surface area (Å²) in [6.07, 6.45) is 0.401. The van der Waals surface area contributed by atoms with Crippen LogP contribution in [0.2, 0.25) is 0 Å². The number of hydrogen-bond acceptors (Lipinski definition) is 3. The normalized spacial score (nSPS) is 20.3. The standard InChI is InChI=1S/C16H19FN2O4/c1-10-13(16(22)23)5-6-19(10)15(21)9-18-14(20)8-11-3-2-4-12(17)7-11/h2-4,7,10,13H,5-6,8-9H2,1H3,(H,18,20)(H,22,23). The minimum Gasteiger partial charge on any atom is -0.481 e. The van der Waals surface area contributed by atoms with Crippen LogP contribution in [0, 0.1) is 11.7 Å². The van der Waals surface area contributed by atoms with E-state index in [1.165, 1.54) is 23.1 Å². The van der Waals surface area contributed by atoms with E-state index in [0.29, 0.717) is 18.5 Å². The van der Waals surface area contributed by atoms with Gasteiger partial charge in [0.2, 0.25) is 11.8 Å². The number of aliphatic carboxylic acids is 1. The fourth-order valence-corrected chi connectivity index (χ4v) is 2.79. The number of carboxylic acid groups (broad SMARTS) is 1. The fourth-order valence-electron chi connectivity index (χ4n) is 2.79. The zero-order valence-corrected chi connectivity index (χ0v) is 12.8. The Hall–Kier alpha value is -2.44. The van der Waals surface area contributed by atoms with E-state index in [-0.39, 0.29) is 30.8 Å². The maximum atomic E-state index is 13.0. The number of carbonyl (C=O) groups is 3. The van der Waals surface area contributed by atoms with Crippen molar-refractivity contribution in [2.75, 3.05) is 13.1 Å². The van der Waals surface area contributed by atoms with Gasteiger partial charge in [-0.05, 0) is 31.0 Å². The molecule has 1 fully saturated rings. The van der Waals surface area contributed by atoms with Crippen molar-refractivity contribution in [3.8, 4) is 0 Å². The van der Waals surface area contributed by atoms with Crippen LogP contribution in [-0.4, -0.2) is 46.9 Å². The molecular weight excluding hydrogens is 303 g/mol. The van der Waals surface area contributed by atoms with Gasteiger partial charge in [0.15, 0.2) is 0 Å². The quantitative estimate of drug-likeness (QED) is 0.840. The molecule has 2 unspecified atom stereocenters. The van der Waals surface area contributed by atoms with Crippen molar-refractivity contribution in [3.05, 3.63) is 35.6 Å². The van der Waals surface area contributed by atoms with E-state index in [0.717, 1.165) is 0 Å². The van der Waals surface area contributed by atoms with Crippen molar-refractivity contribution in [2.45, 2.75) is 25.8 Å². The van der Waals surface area contributed by atoms with E-state index in [2.05, 4.69) is 5.32 Å². The third kappa shape index (κ3) is 4.28. The molecule has 0 saturated carbocycles. The second-order valence-electron chi connectivity index (χ2n) is 5.64. The Morgan fingerprint density at radius 2 is 2.13 bits per heavy atom. The Morgan fingerprint density at radius 1 is 1.39 bits per heavy atom. The zero-order valence-electron chi connectivity index (χ0n) is 12.8. The molecule has 23 heavy (non-hydrogen) atoms. The fraction of sp³-hybridized carbons (Fsp3) is 0.438. The monoisotopic (exact) mass is 322 g/mol. The van der Waals surface area contributed by atoms with E-state index in [1.807, 2.05) is 0 Å². The van der Waals surface area contributed by atoms with Gasteiger partial charge in [-0.15, -0.1) is 0 Å². The number of rotatable bonds is 5. The lowest BCUT2D eigenvalue weighted by atomic mass is 10.0. The van der Waals surface area contributed by atoms with Crippen molar-refractivity contribution < 1.29 is 23.9 Å². The van der Waals surface area contributed by atoms with Gasteiger partial charge in [-0.3, -0.25) is 14.4 Å². The zero-order chi connectivity index (χ0) is 17.0. The van der Waals surface area contributed by atoms with Crippen LogP contribution in [0.3, 0.4) is 0 Å². The Morgan fingerprint density at radius 3 is 2.74 bits per heavy atom. The molecule has 1 heterocycles. The van der Waals surface area contributed by atoms with Crippen LogP contribution < -0.4 is 5.32 Å². The van der Waals surface area contributed by atoms with Gasteiger partial charge in [-0.25, -0.2) is 4.39 Å². The maximum absolute atomic E-state index is 13.0. The molecule has 1 aromatic rings. The van der Waals surface area contributed by atoms with Crippen LogP contribution in [0.5, 0.6) is 0 Å². The number of likely N-dealkylation sites (tertiary alicyclic amines) is 1. The van der Waals surface area contributed by atoms with Gasteiger partial charge in [-0.1, -0.05) is 12.1 Å². The Kier molecular flexibility index (Phi) is 5.31. The smallest absolute Gasteiger partial charge is 0.308 e. The van der Waals surface area contributed by atoms with Gasteiger partial charge in [0, 0.05) is 12.6 Å². The molecule has 0 bridgehead atoms. The van der Waals surface area contributed by atoms with E-state index in [1.54, 1.807) is 13.0 Å². The summed E-state index contributed by atoms with van der Waals surface area (Å²) in [6, 6.07) is 5.31. The predicted molar refractivity (Wildman–Crippen MR) is 80.0 cm³/mol. The lowest BCUT2D eigenvalue weighted by Gasteiger charge is -2.23. The highest BCUT2D eigenvalue weighted by molar-refractivity contribution is 5.86. The number of benzene rings is 1. The molecule has 2 amide bonds. The summed E-state index contributed by atoms with van der Waals surface area (Å²) in [5.41, 5.74) is 0.524. The van der Waals surface area contributed by atoms with Gasteiger partial charge in [-0.2, -0.15) is 0 Å². The van der Waals surface area contributed by atoms with Crippen molar-refractivity contribution in [2.24, 2.45) is 5.92 Å². The van der Waals surface area contributed by atoms with Crippen LogP contribution in [0.1, 0.15) is 18.9 Å². The Labute approximate surface area is 133 Å². The van der Waals surface area contributed by atoms with Gasteiger partial charge in [0.1, 0.15) is 5.82 Å². The third-order valence-electron chi connectivity index (χ3n) is 4.08. The average molecular weight is 322 g/mol. The summed E-state index contributed by atoms with van der Waals surface area (Å²) in [5, 5.41) is 11.5. The molecule has 2 N–H and O–H groups in total. The topological polar surface area (TPSA) is 86.7 Å². The van der Waals surface area contributed by atoms with Gasteiger partial charge in [0.25, 0.3) is 0 Å². The summed E-state index contributed by atoms with van der Waals surface area (Å²) in [6.45, 7) is 1.87. The summed E-state index contributed by atoms with van der Waals surface area (Å²) in [7, 11) is 0. The predicted octanol–water partition coefficient (Wildman–Crippen LogP) is 0.806. The summed E-state index contributed by atoms with van der Waals surface area (Å²) >= 11 is 0. The first-order valence-corrected chi connectivity index (χ1v) is 7.42. The van der Waals surface area contributed by atoms with Crippen LogP contribution >= 0.6 is 0 Å². The van der Waals surface area contributed by atoms with E-state index < -0.39 is 17.7 Å². The summed E-state index contributed by atoms with van der Waals surface area (Å²) in [5.74, 6) is -2.60. The first-order chi connectivity index (χ1) is 10.9. The van der Waals surface area contributed by atoms with Crippen LogP contribution in [-0.2, 0) is 20.8 Å². The van der Waals surface area contributed by atoms with Crippen molar-refractivity contribution in [1.82, 2.24) is 10.2 Å². The van der Waals surface area contributed by atoms with Gasteiger partial charge in [0.05, 0.1) is 18.9 Å². The molecule has 6 nitrogen and oxygen atoms in total. The molecule has 0 radical (unpaired) electrons. The second-order valence-corrected chi connectivity index (χ2v) is 5.64. The SMILES string of the molecule is CC1C(C(=O)O)CCN1C(=O)CNC(=O)Cc1cccc(F)c1. The van der Waals surface area contributed by atoms with Gasteiger partial charge >= 0.3 is 5.97 Å². The van der Waals surface area contributed by atoms with Crippen molar-refractivity contribution in [1.29, 1.82) is 0 Å². The summed E-state index contributed by atoms with van der Waals surface area (Å²) in [4.78, 5) is 36.4. The van der Waals surface area contributed by atoms with Crippen LogP contribution in [0.4, 0.5) is 4.39 Å². The van der Waals surface area contributed by atoms with Crippen LogP contribution in [0.25, 0.3) is 0 Å². The molecule has 1 aliphatic heterocycles. The molecule has 124 valence electrons. The van der Waals surface area contributed by atoms with Crippen molar-refractivity contribution in [3.63, 3.8) is 0 Å². The van der Waals surface area contributed by atoms with Gasteiger partial charge < -0.3 is 15.3 Å². The minimum absolute atomic E-state index is 0.0155. The number of nitrogens with one attached hydrogen (secondary N) is 1. The molecule has 2 rings (SSSR count). The van der Waals surface area contributed by atoms with E-state index >= 15 is 0 Å². The average Bonchev–Trinajstić information content (AvgIpc) is 2.87.